The van der Waals surface area contributed by atoms with Crippen LogP contribution in [0.2, 0.25) is 0 Å². The van der Waals surface area contributed by atoms with E-state index >= 15 is 0 Å². The minimum atomic E-state index is -0.424. The predicted molar refractivity (Wildman–Crippen MR) is 75.1 cm³/mol. The smallest absolute Gasteiger partial charge is 0.270 e. The summed E-state index contributed by atoms with van der Waals surface area (Å²) in [7, 11) is 1.84. The summed E-state index contributed by atoms with van der Waals surface area (Å²) in [5.74, 6) is 5.91. The summed E-state index contributed by atoms with van der Waals surface area (Å²) in [6.45, 7) is 0. The first kappa shape index (κ1) is 12.7. The van der Waals surface area contributed by atoms with Crippen LogP contribution < -0.4 is 5.32 Å². The molecular weight excluding hydrogens is 240 g/mol. The molecule has 0 radical (unpaired) electrons. The van der Waals surface area contributed by atoms with Crippen LogP contribution in [0.1, 0.15) is 11.1 Å². The number of anilines is 1. The molecule has 0 unspecified atom stereocenters. The molecule has 2 rings (SSSR count). The van der Waals surface area contributed by atoms with Gasteiger partial charge in [-0.3, -0.25) is 10.1 Å². The van der Waals surface area contributed by atoms with Gasteiger partial charge in [0.2, 0.25) is 0 Å². The van der Waals surface area contributed by atoms with E-state index in [-0.39, 0.29) is 5.69 Å². The number of rotatable bonds is 2. The highest BCUT2D eigenvalue weighted by Gasteiger charge is 2.03. The molecular formula is C15H12N2O2. The van der Waals surface area contributed by atoms with Crippen molar-refractivity contribution < 1.29 is 4.92 Å². The van der Waals surface area contributed by atoms with Crippen molar-refractivity contribution in [1.29, 1.82) is 0 Å². The number of hydrogen-bond donors (Lipinski definition) is 1. The van der Waals surface area contributed by atoms with Gasteiger partial charge in [-0.2, -0.15) is 0 Å². The summed E-state index contributed by atoms with van der Waals surface area (Å²) in [5, 5.41) is 13.7. The fourth-order valence-electron chi connectivity index (χ4n) is 1.59. The van der Waals surface area contributed by atoms with Crippen molar-refractivity contribution in [2.24, 2.45) is 0 Å². The van der Waals surface area contributed by atoms with Gasteiger partial charge in [0.15, 0.2) is 0 Å². The fourth-order valence-corrected chi connectivity index (χ4v) is 1.59. The van der Waals surface area contributed by atoms with Crippen molar-refractivity contribution in [3.8, 4) is 11.8 Å². The van der Waals surface area contributed by atoms with Crippen LogP contribution in [-0.2, 0) is 0 Å². The molecule has 0 bridgehead atoms. The molecule has 2 aromatic carbocycles. The molecule has 94 valence electrons. The standard InChI is InChI=1S/C15H12N2O2/c1-16-14-6-2-4-12(10-14)8-9-13-5-3-7-15(11-13)17(18)19/h2-7,10-11,16H,1H3. The number of nitro benzene ring substituents is 1. The van der Waals surface area contributed by atoms with E-state index in [1.807, 2.05) is 31.3 Å². The number of benzene rings is 2. The zero-order valence-electron chi connectivity index (χ0n) is 10.4. The Morgan fingerprint density at radius 1 is 1.05 bits per heavy atom. The fraction of sp³-hybridized carbons (Fsp3) is 0.0667. The molecule has 19 heavy (non-hydrogen) atoms. The normalized spacial score (nSPS) is 9.32. The maximum Gasteiger partial charge on any atom is 0.270 e. The summed E-state index contributed by atoms with van der Waals surface area (Å²) in [4.78, 5) is 10.2. The Labute approximate surface area is 111 Å². The van der Waals surface area contributed by atoms with Crippen LogP contribution in [0.25, 0.3) is 0 Å². The van der Waals surface area contributed by atoms with E-state index in [4.69, 9.17) is 0 Å². The van der Waals surface area contributed by atoms with E-state index in [1.165, 1.54) is 12.1 Å². The quantitative estimate of drug-likeness (QED) is 0.507. The molecule has 0 atom stereocenters. The van der Waals surface area contributed by atoms with Crippen LogP contribution in [0.3, 0.4) is 0 Å². The van der Waals surface area contributed by atoms with Crippen molar-refractivity contribution in [2.75, 3.05) is 12.4 Å². The maximum atomic E-state index is 10.7. The minimum absolute atomic E-state index is 0.0516. The molecule has 0 heterocycles. The summed E-state index contributed by atoms with van der Waals surface area (Å²) in [6.07, 6.45) is 0. The molecule has 0 aromatic heterocycles. The van der Waals surface area contributed by atoms with Crippen molar-refractivity contribution in [1.82, 2.24) is 0 Å². The maximum absolute atomic E-state index is 10.7. The average Bonchev–Trinajstić information content (AvgIpc) is 2.45. The summed E-state index contributed by atoms with van der Waals surface area (Å²) in [6, 6.07) is 14.0. The van der Waals surface area contributed by atoms with Gasteiger partial charge >= 0.3 is 0 Å². The SMILES string of the molecule is CNc1cccc(C#Cc2cccc([N+](=O)[O-])c2)c1. The summed E-state index contributed by atoms with van der Waals surface area (Å²) >= 11 is 0. The molecule has 4 heteroatoms. The van der Waals surface area contributed by atoms with Crippen LogP contribution in [0.4, 0.5) is 11.4 Å². The average molecular weight is 252 g/mol. The van der Waals surface area contributed by atoms with Crippen LogP contribution in [0.15, 0.2) is 48.5 Å². The minimum Gasteiger partial charge on any atom is -0.388 e. The Bertz CT molecular complexity index is 669. The number of non-ortho nitro benzene ring substituents is 1. The Kier molecular flexibility index (Phi) is 3.79. The second-order valence-electron chi connectivity index (χ2n) is 3.89. The van der Waals surface area contributed by atoms with Crippen LogP contribution in [-0.4, -0.2) is 12.0 Å². The lowest BCUT2D eigenvalue weighted by molar-refractivity contribution is -0.384. The zero-order valence-corrected chi connectivity index (χ0v) is 10.4. The topological polar surface area (TPSA) is 55.2 Å². The van der Waals surface area contributed by atoms with Crippen molar-refractivity contribution in [3.05, 3.63) is 69.8 Å². The van der Waals surface area contributed by atoms with Crippen LogP contribution in [0, 0.1) is 22.0 Å². The van der Waals surface area contributed by atoms with Crippen molar-refractivity contribution >= 4 is 11.4 Å². The molecule has 0 fully saturated rings. The Hall–Kier alpha value is -2.80. The monoisotopic (exact) mass is 252 g/mol. The third-order valence-electron chi connectivity index (χ3n) is 2.56. The lowest BCUT2D eigenvalue weighted by Gasteiger charge is -1.98. The molecule has 0 aliphatic carbocycles. The molecule has 0 amide bonds. The second-order valence-corrected chi connectivity index (χ2v) is 3.89. The molecule has 0 saturated carbocycles. The third kappa shape index (κ3) is 3.33. The van der Waals surface area contributed by atoms with Crippen LogP contribution in [0.5, 0.6) is 0 Å². The largest absolute Gasteiger partial charge is 0.388 e. The van der Waals surface area contributed by atoms with Crippen molar-refractivity contribution in [3.63, 3.8) is 0 Å². The molecule has 0 aliphatic heterocycles. The predicted octanol–water partition coefficient (Wildman–Crippen LogP) is 3.04. The van der Waals surface area contributed by atoms with E-state index in [9.17, 15) is 10.1 Å². The number of nitro groups is 1. The highest BCUT2D eigenvalue weighted by atomic mass is 16.6. The van der Waals surface area contributed by atoms with Gasteiger partial charge in [-0.25, -0.2) is 0 Å². The van der Waals surface area contributed by atoms with E-state index < -0.39 is 4.92 Å². The van der Waals surface area contributed by atoms with Gasteiger partial charge in [-0.1, -0.05) is 24.0 Å². The number of nitrogens with zero attached hydrogens (tertiary/aromatic N) is 1. The molecule has 2 aromatic rings. The third-order valence-corrected chi connectivity index (χ3v) is 2.56. The summed E-state index contributed by atoms with van der Waals surface area (Å²) in [5.41, 5.74) is 2.52. The van der Waals surface area contributed by atoms with E-state index in [1.54, 1.807) is 12.1 Å². The van der Waals surface area contributed by atoms with Gasteiger partial charge in [0.05, 0.1) is 4.92 Å². The van der Waals surface area contributed by atoms with Crippen molar-refractivity contribution in [2.45, 2.75) is 0 Å². The number of nitrogens with one attached hydrogen (secondary N) is 1. The van der Waals surface area contributed by atoms with E-state index in [0.717, 1.165) is 11.3 Å². The summed E-state index contributed by atoms with van der Waals surface area (Å²) < 4.78 is 0. The Morgan fingerprint density at radius 2 is 1.68 bits per heavy atom. The lowest BCUT2D eigenvalue weighted by Crippen LogP contribution is -1.88. The van der Waals surface area contributed by atoms with Gasteiger partial charge in [-0.15, -0.1) is 0 Å². The first-order chi connectivity index (χ1) is 9.19. The molecule has 0 spiro atoms. The van der Waals surface area contributed by atoms with E-state index in [0.29, 0.717) is 5.56 Å². The number of hydrogen-bond acceptors (Lipinski definition) is 3. The molecule has 4 nitrogen and oxygen atoms in total. The first-order valence-corrected chi connectivity index (χ1v) is 5.73. The highest BCUT2D eigenvalue weighted by molar-refractivity contribution is 5.52. The first-order valence-electron chi connectivity index (χ1n) is 5.73. The Morgan fingerprint density at radius 3 is 2.32 bits per heavy atom. The molecule has 0 saturated heterocycles. The Balaban J connectivity index is 2.28. The van der Waals surface area contributed by atoms with Crippen LogP contribution >= 0.6 is 0 Å². The van der Waals surface area contributed by atoms with Gasteiger partial charge in [-0.05, 0) is 24.3 Å². The highest BCUT2D eigenvalue weighted by Crippen LogP contribution is 2.13. The lowest BCUT2D eigenvalue weighted by atomic mass is 10.1. The zero-order chi connectivity index (χ0) is 13.7. The van der Waals surface area contributed by atoms with Gasteiger partial charge in [0.1, 0.15) is 0 Å². The van der Waals surface area contributed by atoms with Gasteiger partial charge in [0, 0.05) is 36.0 Å². The molecule has 0 aliphatic rings. The second kappa shape index (κ2) is 5.69. The van der Waals surface area contributed by atoms with Gasteiger partial charge in [0.25, 0.3) is 5.69 Å². The molecule has 1 N–H and O–H groups in total. The van der Waals surface area contributed by atoms with Gasteiger partial charge < -0.3 is 5.32 Å². The van der Waals surface area contributed by atoms with E-state index in [2.05, 4.69) is 17.2 Å².